The Morgan fingerprint density at radius 2 is 1.95 bits per heavy atom. The molecule has 1 N–H and O–H groups in total. The average molecular weight is 305 g/mol. The van der Waals surface area contributed by atoms with Crippen LogP contribution in [0.2, 0.25) is 0 Å². The topological polar surface area (TPSA) is 74.7 Å². The molecule has 20 heavy (non-hydrogen) atoms. The summed E-state index contributed by atoms with van der Waals surface area (Å²) in [5.41, 5.74) is -1.84. The highest BCUT2D eigenvalue weighted by atomic mass is 32.2. The summed E-state index contributed by atoms with van der Waals surface area (Å²) < 4.78 is 51.7. The van der Waals surface area contributed by atoms with Crippen molar-refractivity contribution in [2.75, 3.05) is 6.54 Å². The summed E-state index contributed by atoms with van der Waals surface area (Å²) in [6.07, 6.45) is -1.96. The van der Waals surface area contributed by atoms with Crippen molar-refractivity contribution in [2.24, 2.45) is 0 Å². The van der Waals surface area contributed by atoms with Crippen molar-refractivity contribution in [2.45, 2.75) is 30.0 Å². The van der Waals surface area contributed by atoms with Crippen LogP contribution >= 0.6 is 0 Å². The molecule has 1 heterocycles. The summed E-state index contributed by atoms with van der Waals surface area (Å²) in [6.45, 7) is 0.637. The Hall–Kier alpha value is -1.54. The van der Waals surface area contributed by atoms with E-state index in [0.29, 0.717) is 4.31 Å². The predicted molar refractivity (Wildman–Crippen MR) is 65.8 cm³/mol. The minimum atomic E-state index is -4.20. The lowest BCUT2D eigenvalue weighted by molar-refractivity contribution is -0.146. The molecule has 0 amide bonds. The van der Waals surface area contributed by atoms with Crippen LogP contribution in [-0.2, 0) is 14.8 Å². The van der Waals surface area contributed by atoms with Crippen molar-refractivity contribution < 1.29 is 27.1 Å². The number of halogens is 2. The van der Waals surface area contributed by atoms with E-state index in [0.717, 1.165) is 31.2 Å². The van der Waals surface area contributed by atoms with Gasteiger partial charge in [-0.2, -0.15) is 4.31 Å². The van der Waals surface area contributed by atoms with E-state index >= 15 is 0 Å². The van der Waals surface area contributed by atoms with Gasteiger partial charge >= 0.3 is 5.97 Å². The molecule has 1 aliphatic rings. The minimum Gasteiger partial charge on any atom is -0.480 e. The Kier molecular flexibility index (Phi) is 3.55. The predicted octanol–water partition coefficient (Wildman–Crippen LogP) is 1.40. The number of hydrogen-bond acceptors (Lipinski definition) is 3. The molecule has 0 bridgehead atoms. The highest BCUT2D eigenvalue weighted by Gasteiger charge is 2.53. The van der Waals surface area contributed by atoms with Crippen LogP contribution < -0.4 is 0 Å². The van der Waals surface area contributed by atoms with Crippen molar-refractivity contribution in [3.05, 3.63) is 30.1 Å². The molecule has 1 aromatic carbocycles. The van der Waals surface area contributed by atoms with E-state index in [4.69, 9.17) is 0 Å². The van der Waals surface area contributed by atoms with Gasteiger partial charge in [0.15, 0.2) is 0 Å². The van der Waals surface area contributed by atoms with Crippen molar-refractivity contribution in [1.82, 2.24) is 4.31 Å². The Morgan fingerprint density at radius 1 is 1.40 bits per heavy atom. The quantitative estimate of drug-likeness (QED) is 0.916. The van der Waals surface area contributed by atoms with Crippen molar-refractivity contribution in [3.8, 4) is 0 Å². The first-order chi connectivity index (χ1) is 9.18. The maximum atomic E-state index is 13.5. The van der Waals surface area contributed by atoms with E-state index < -0.39 is 46.5 Å². The highest BCUT2D eigenvalue weighted by molar-refractivity contribution is 7.89. The lowest BCUT2D eigenvalue weighted by Gasteiger charge is -2.29. The fraction of sp³-hybridized carbons (Fsp3) is 0.417. The van der Waals surface area contributed by atoms with Crippen LogP contribution in [0.5, 0.6) is 0 Å². The molecule has 0 unspecified atom stereocenters. The standard InChI is InChI=1S/C12H13F2NO4S/c1-12(11(16)17)6-9(14)7-15(12)20(18,19)10-4-2-8(13)3-5-10/h2-5,9H,6-7H2,1H3,(H,16,17)/t9-,12-/m1/s1. The zero-order valence-corrected chi connectivity index (χ0v) is 11.4. The minimum absolute atomic E-state index is 0.263. The molecule has 1 aromatic rings. The maximum Gasteiger partial charge on any atom is 0.324 e. The van der Waals surface area contributed by atoms with E-state index in [1.54, 1.807) is 0 Å². The lowest BCUT2D eigenvalue weighted by atomic mass is 10.0. The average Bonchev–Trinajstić information content (AvgIpc) is 2.67. The highest BCUT2D eigenvalue weighted by Crippen LogP contribution is 2.36. The molecule has 8 heteroatoms. The molecule has 1 fully saturated rings. The smallest absolute Gasteiger partial charge is 0.324 e. The normalized spacial score (nSPS) is 27.6. The van der Waals surface area contributed by atoms with Crippen LogP contribution in [0.1, 0.15) is 13.3 Å². The van der Waals surface area contributed by atoms with E-state index in [-0.39, 0.29) is 4.90 Å². The van der Waals surface area contributed by atoms with Crippen molar-refractivity contribution in [3.63, 3.8) is 0 Å². The largest absolute Gasteiger partial charge is 0.480 e. The first kappa shape index (κ1) is 14.9. The van der Waals surface area contributed by atoms with E-state index in [9.17, 15) is 27.1 Å². The third-order valence-electron chi connectivity index (χ3n) is 3.40. The van der Waals surface area contributed by atoms with Gasteiger partial charge in [0.2, 0.25) is 10.0 Å². The Bertz CT molecular complexity index is 631. The summed E-state index contributed by atoms with van der Waals surface area (Å²) in [4.78, 5) is 11.0. The Balaban J connectivity index is 2.48. The van der Waals surface area contributed by atoms with E-state index in [2.05, 4.69) is 0 Å². The molecule has 0 aromatic heterocycles. The van der Waals surface area contributed by atoms with Crippen molar-refractivity contribution >= 4 is 16.0 Å². The van der Waals surface area contributed by atoms with Gasteiger partial charge in [-0.25, -0.2) is 17.2 Å². The molecule has 1 saturated heterocycles. The number of nitrogens with zero attached hydrogens (tertiary/aromatic N) is 1. The van der Waals surface area contributed by atoms with Gasteiger partial charge in [0.1, 0.15) is 17.5 Å². The summed E-state index contributed by atoms with van der Waals surface area (Å²) in [5.74, 6) is -2.03. The number of alkyl halides is 1. The Labute approximate surface area is 114 Å². The molecule has 0 aliphatic carbocycles. The van der Waals surface area contributed by atoms with E-state index in [1.165, 1.54) is 0 Å². The number of carboxylic acids is 1. The number of rotatable bonds is 3. The first-order valence-corrected chi connectivity index (χ1v) is 7.28. The zero-order chi connectivity index (χ0) is 15.1. The second-order valence-corrected chi connectivity index (χ2v) is 6.73. The number of carboxylic acid groups (broad SMARTS) is 1. The fourth-order valence-corrected chi connectivity index (χ4v) is 4.05. The van der Waals surface area contributed by atoms with Gasteiger partial charge in [0, 0.05) is 13.0 Å². The number of sulfonamides is 1. The molecule has 2 atom stereocenters. The van der Waals surface area contributed by atoms with Crippen LogP contribution in [0.25, 0.3) is 0 Å². The molecule has 2 rings (SSSR count). The molecular formula is C12H13F2NO4S. The van der Waals surface area contributed by atoms with Gasteiger partial charge < -0.3 is 5.11 Å². The molecular weight excluding hydrogens is 292 g/mol. The number of aliphatic carboxylic acids is 1. The number of hydrogen-bond donors (Lipinski definition) is 1. The second kappa shape index (κ2) is 4.78. The van der Waals surface area contributed by atoms with Crippen LogP contribution in [0.4, 0.5) is 8.78 Å². The van der Waals surface area contributed by atoms with Gasteiger partial charge in [-0.1, -0.05) is 0 Å². The van der Waals surface area contributed by atoms with Gasteiger partial charge in [0.25, 0.3) is 0 Å². The zero-order valence-electron chi connectivity index (χ0n) is 10.6. The van der Waals surface area contributed by atoms with Gasteiger partial charge in [0.05, 0.1) is 4.90 Å². The number of benzene rings is 1. The lowest BCUT2D eigenvalue weighted by Crippen LogP contribution is -2.50. The first-order valence-electron chi connectivity index (χ1n) is 5.84. The molecule has 1 aliphatic heterocycles. The SMILES string of the molecule is C[C@]1(C(=O)O)C[C@@H](F)CN1S(=O)(=O)c1ccc(F)cc1. The summed E-state index contributed by atoms with van der Waals surface area (Å²) in [5, 5.41) is 9.18. The van der Waals surface area contributed by atoms with Crippen LogP contribution in [-0.4, -0.2) is 42.1 Å². The van der Waals surface area contributed by atoms with Gasteiger partial charge in [-0.15, -0.1) is 0 Å². The van der Waals surface area contributed by atoms with Gasteiger partial charge in [-0.05, 0) is 31.2 Å². The van der Waals surface area contributed by atoms with Crippen LogP contribution in [0, 0.1) is 5.82 Å². The third kappa shape index (κ3) is 2.29. The summed E-state index contributed by atoms with van der Waals surface area (Å²) in [6, 6.07) is 3.96. The molecule has 5 nitrogen and oxygen atoms in total. The molecule has 0 saturated carbocycles. The third-order valence-corrected chi connectivity index (χ3v) is 5.40. The number of carbonyl (C=O) groups is 1. The van der Waals surface area contributed by atoms with Crippen LogP contribution in [0.15, 0.2) is 29.2 Å². The second-order valence-electron chi connectivity index (χ2n) is 4.87. The van der Waals surface area contributed by atoms with Crippen LogP contribution in [0.3, 0.4) is 0 Å². The monoisotopic (exact) mass is 305 g/mol. The fourth-order valence-electron chi connectivity index (χ4n) is 2.27. The molecule has 110 valence electrons. The maximum absolute atomic E-state index is 13.5. The van der Waals surface area contributed by atoms with Gasteiger partial charge in [-0.3, -0.25) is 4.79 Å². The van der Waals surface area contributed by atoms with Crippen molar-refractivity contribution in [1.29, 1.82) is 0 Å². The molecule has 0 spiro atoms. The molecule has 0 radical (unpaired) electrons. The van der Waals surface area contributed by atoms with E-state index in [1.807, 2.05) is 0 Å². The Morgan fingerprint density at radius 3 is 2.45 bits per heavy atom. The summed E-state index contributed by atoms with van der Waals surface area (Å²) >= 11 is 0. The summed E-state index contributed by atoms with van der Waals surface area (Å²) in [7, 11) is -4.20.